The van der Waals surface area contributed by atoms with Crippen LogP contribution in [0.2, 0.25) is 25.2 Å². The third-order valence-electron chi connectivity index (χ3n) is 2.19. The zero-order chi connectivity index (χ0) is 9.07. The SMILES string of the molecule is CCC(O)C(CO)[Si](C)(C)C. The van der Waals surface area contributed by atoms with Gasteiger partial charge < -0.3 is 10.2 Å². The van der Waals surface area contributed by atoms with E-state index >= 15 is 0 Å². The summed E-state index contributed by atoms with van der Waals surface area (Å²) in [6, 6.07) is 0. The van der Waals surface area contributed by atoms with Crippen LogP contribution in [0.25, 0.3) is 0 Å². The number of aliphatic hydroxyl groups is 2. The molecule has 0 aliphatic heterocycles. The monoisotopic (exact) mass is 176 g/mol. The number of rotatable bonds is 4. The van der Waals surface area contributed by atoms with Crippen LogP contribution in [-0.4, -0.2) is 31.0 Å². The summed E-state index contributed by atoms with van der Waals surface area (Å²) in [6.07, 6.45) is 0.432. The molecule has 0 radical (unpaired) electrons. The second kappa shape index (κ2) is 4.23. The largest absolute Gasteiger partial charge is 0.396 e. The summed E-state index contributed by atoms with van der Waals surface area (Å²) in [5, 5.41) is 18.6. The van der Waals surface area contributed by atoms with Crippen molar-refractivity contribution < 1.29 is 10.2 Å². The standard InChI is InChI=1S/C8H20O2Si/c1-5-7(10)8(6-9)11(2,3)4/h7-10H,5-6H2,1-4H3. The van der Waals surface area contributed by atoms with Crippen molar-refractivity contribution in [3.63, 3.8) is 0 Å². The zero-order valence-electron chi connectivity index (χ0n) is 7.96. The molecule has 0 saturated carbocycles. The van der Waals surface area contributed by atoms with E-state index in [9.17, 15) is 5.11 Å². The Kier molecular flexibility index (Phi) is 4.29. The van der Waals surface area contributed by atoms with Gasteiger partial charge in [0.2, 0.25) is 0 Å². The highest BCUT2D eigenvalue weighted by Gasteiger charge is 2.30. The Hall–Kier alpha value is 0.137. The minimum absolute atomic E-state index is 0.130. The molecule has 2 nitrogen and oxygen atoms in total. The molecule has 0 aromatic rings. The first-order valence-electron chi connectivity index (χ1n) is 4.22. The molecule has 0 bridgehead atoms. The summed E-state index contributed by atoms with van der Waals surface area (Å²) in [5.74, 6) is 0. The summed E-state index contributed by atoms with van der Waals surface area (Å²) in [5.41, 5.74) is 0.132. The summed E-state index contributed by atoms with van der Waals surface area (Å²) in [4.78, 5) is 0. The van der Waals surface area contributed by atoms with Crippen LogP contribution in [0, 0.1) is 0 Å². The van der Waals surface area contributed by atoms with E-state index in [2.05, 4.69) is 19.6 Å². The van der Waals surface area contributed by atoms with Gasteiger partial charge in [-0.1, -0.05) is 26.6 Å². The van der Waals surface area contributed by atoms with E-state index < -0.39 is 8.07 Å². The van der Waals surface area contributed by atoms with Crippen molar-refractivity contribution in [2.75, 3.05) is 6.61 Å². The molecule has 0 amide bonds. The minimum atomic E-state index is -1.37. The first kappa shape index (κ1) is 11.1. The van der Waals surface area contributed by atoms with E-state index in [4.69, 9.17) is 5.11 Å². The van der Waals surface area contributed by atoms with Crippen molar-refractivity contribution in [2.45, 2.75) is 44.6 Å². The molecule has 2 unspecified atom stereocenters. The average molecular weight is 176 g/mol. The lowest BCUT2D eigenvalue weighted by atomic mass is 10.2. The van der Waals surface area contributed by atoms with Gasteiger partial charge >= 0.3 is 0 Å². The van der Waals surface area contributed by atoms with Crippen LogP contribution < -0.4 is 0 Å². The van der Waals surface area contributed by atoms with Gasteiger partial charge in [-0.25, -0.2) is 0 Å². The van der Waals surface area contributed by atoms with Crippen molar-refractivity contribution in [3.05, 3.63) is 0 Å². The smallest absolute Gasteiger partial charge is 0.0563 e. The molecule has 3 heteroatoms. The Bertz CT molecular complexity index is 109. The highest BCUT2D eigenvalue weighted by Crippen LogP contribution is 2.26. The fraction of sp³-hybridized carbons (Fsp3) is 1.00. The van der Waals surface area contributed by atoms with Gasteiger partial charge in [-0.15, -0.1) is 0 Å². The van der Waals surface area contributed by atoms with Gasteiger partial charge in [0.25, 0.3) is 0 Å². The van der Waals surface area contributed by atoms with Crippen molar-refractivity contribution in [1.29, 1.82) is 0 Å². The van der Waals surface area contributed by atoms with Crippen molar-refractivity contribution in [3.8, 4) is 0 Å². The lowest BCUT2D eigenvalue weighted by Crippen LogP contribution is -2.38. The lowest BCUT2D eigenvalue weighted by molar-refractivity contribution is 0.126. The summed E-state index contributed by atoms with van der Waals surface area (Å²) >= 11 is 0. The third kappa shape index (κ3) is 3.36. The Labute approximate surface area is 70.3 Å². The van der Waals surface area contributed by atoms with Crippen LogP contribution >= 0.6 is 0 Å². The van der Waals surface area contributed by atoms with E-state index in [0.29, 0.717) is 0 Å². The maximum atomic E-state index is 9.53. The van der Waals surface area contributed by atoms with Crippen molar-refractivity contribution in [1.82, 2.24) is 0 Å². The molecule has 0 aliphatic carbocycles. The van der Waals surface area contributed by atoms with Crippen LogP contribution in [0.15, 0.2) is 0 Å². The number of aliphatic hydroxyl groups excluding tert-OH is 2. The topological polar surface area (TPSA) is 40.5 Å². The minimum Gasteiger partial charge on any atom is -0.396 e. The predicted octanol–water partition coefficient (Wildman–Crippen LogP) is 1.46. The van der Waals surface area contributed by atoms with Crippen LogP contribution in [-0.2, 0) is 0 Å². The van der Waals surface area contributed by atoms with E-state index in [-0.39, 0.29) is 18.3 Å². The maximum Gasteiger partial charge on any atom is 0.0563 e. The van der Waals surface area contributed by atoms with E-state index in [0.717, 1.165) is 6.42 Å². The van der Waals surface area contributed by atoms with Gasteiger partial charge in [-0.2, -0.15) is 0 Å². The second-order valence-corrected chi connectivity index (χ2v) is 9.60. The number of hydrogen-bond donors (Lipinski definition) is 2. The first-order chi connectivity index (χ1) is 4.93. The number of hydrogen-bond acceptors (Lipinski definition) is 2. The quantitative estimate of drug-likeness (QED) is 0.637. The van der Waals surface area contributed by atoms with Gasteiger partial charge in [0, 0.05) is 12.1 Å². The second-order valence-electron chi connectivity index (χ2n) is 4.13. The fourth-order valence-corrected chi connectivity index (χ4v) is 3.19. The Morgan fingerprint density at radius 2 is 1.73 bits per heavy atom. The average Bonchev–Trinajstić information content (AvgIpc) is 1.86. The Balaban J connectivity index is 4.16. The highest BCUT2D eigenvalue weighted by molar-refractivity contribution is 6.77. The van der Waals surface area contributed by atoms with Crippen LogP contribution in [0.4, 0.5) is 0 Å². The highest BCUT2D eigenvalue weighted by atomic mass is 28.3. The van der Waals surface area contributed by atoms with Gasteiger partial charge in [0.05, 0.1) is 14.2 Å². The van der Waals surface area contributed by atoms with Crippen LogP contribution in [0.1, 0.15) is 13.3 Å². The molecule has 2 N–H and O–H groups in total. The molecule has 0 aliphatic rings. The van der Waals surface area contributed by atoms with Gasteiger partial charge in [-0.05, 0) is 6.42 Å². The molecule has 0 spiro atoms. The van der Waals surface area contributed by atoms with E-state index in [1.54, 1.807) is 0 Å². The fourth-order valence-electron chi connectivity index (χ4n) is 1.26. The molecule has 0 aromatic heterocycles. The normalized spacial score (nSPS) is 18.0. The van der Waals surface area contributed by atoms with E-state index in [1.807, 2.05) is 6.92 Å². The molecule has 0 heterocycles. The summed E-state index contributed by atoms with van der Waals surface area (Å²) < 4.78 is 0. The molecule has 2 atom stereocenters. The van der Waals surface area contributed by atoms with Crippen molar-refractivity contribution in [2.24, 2.45) is 0 Å². The van der Waals surface area contributed by atoms with Crippen molar-refractivity contribution >= 4 is 8.07 Å². The Morgan fingerprint density at radius 3 is 1.82 bits per heavy atom. The molecule has 0 aromatic carbocycles. The molecule has 68 valence electrons. The zero-order valence-corrected chi connectivity index (χ0v) is 8.96. The summed E-state index contributed by atoms with van der Waals surface area (Å²) in [7, 11) is -1.37. The van der Waals surface area contributed by atoms with Gasteiger partial charge in [-0.3, -0.25) is 0 Å². The third-order valence-corrected chi connectivity index (χ3v) is 4.98. The maximum absolute atomic E-state index is 9.53. The molecule has 0 saturated heterocycles. The molecular formula is C8H20O2Si. The molecule has 11 heavy (non-hydrogen) atoms. The van der Waals surface area contributed by atoms with Gasteiger partial charge in [0.1, 0.15) is 0 Å². The predicted molar refractivity (Wildman–Crippen MR) is 50.5 cm³/mol. The van der Waals surface area contributed by atoms with Crippen LogP contribution in [0.3, 0.4) is 0 Å². The molecule has 0 rings (SSSR count). The molecule has 0 fully saturated rings. The van der Waals surface area contributed by atoms with Crippen LogP contribution in [0.5, 0.6) is 0 Å². The Morgan fingerprint density at radius 1 is 1.27 bits per heavy atom. The first-order valence-corrected chi connectivity index (χ1v) is 7.80. The molecular weight excluding hydrogens is 156 g/mol. The lowest BCUT2D eigenvalue weighted by Gasteiger charge is -2.30. The van der Waals surface area contributed by atoms with E-state index in [1.165, 1.54) is 0 Å². The summed E-state index contributed by atoms with van der Waals surface area (Å²) in [6.45, 7) is 8.60. The van der Waals surface area contributed by atoms with Gasteiger partial charge in [0.15, 0.2) is 0 Å².